The molecule has 108 valence electrons. The maximum absolute atomic E-state index is 12.0. The summed E-state index contributed by atoms with van der Waals surface area (Å²) in [5.41, 5.74) is 0. The minimum absolute atomic E-state index is 0.160. The molecule has 6 nitrogen and oxygen atoms in total. The third-order valence-corrected chi connectivity index (χ3v) is 6.70. The van der Waals surface area contributed by atoms with Crippen LogP contribution in [0.1, 0.15) is 13.8 Å². The number of pyridine rings is 1. The minimum atomic E-state index is -3.89. The first kappa shape index (κ1) is 16.4. The standard InChI is InChI=1S/C10H15ClN2O4S2/c1-10(2,18(3,14)15)7-13-19(16,17)8-5-4-6-12-9(8)11/h4-6,13H,7H2,1-3H3. The van der Waals surface area contributed by atoms with E-state index in [-0.39, 0.29) is 16.6 Å². The van der Waals surface area contributed by atoms with Crippen LogP contribution < -0.4 is 4.72 Å². The molecule has 1 heterocycles. The van der Waals surface area contributed by atoms with E-state index in [2.05, 4.69) is 9.71 Å². The van der Waals surface area contributed by atoms with E-state index in [0.29, 0.717) is 0 Å². The van der Waals surface area contributed by atoms with Gasteiger partial charge in [-0.2, -0.15) is 0 Å². The maximum Gasteiger partial charge on any atom is 0.243 e. The zero-order chi connectivity index (χ0) is 14.9. The van der Waals surface area contributed by atoms with Crippen molar-refractivity contribution in [3.05, 3.63) is 23.5 Å². The quantitative estimate of drug-likeness (QED) is 0.809. The summed E-state index contributed by atoms with van der Waals surface area (Å²) in [6, 6.07) is 2.73. The normalized spacial score (nSPS) is 13.5. The fourth-order valence-electron chi connectivity index (χ4n) is 1.05. The Morgan fingerprint density at radius 1 is 1.32 bits per heavy atom. The molecule has 0 amide bonds. The van der Waals surface area contributed by atoms with Crippen LogP contribution in [0.4, 0.5) is 0 Å². The molecule has 0 fully saturated rings. The Morgan fingerprint density at radius 2 is 1.89 bits per heavy atom. The summed E-state index contributed by atoms with van der Waals surface area (Å²) < 4.78 is 48.0. The summed E-state index contributed by atoms with van der Waals surface area (Å²) in [6.45, 7) is 2.63. The molecule has 0 bridgehead atoms. The van der Waals surface area contributed by atoms with Gasteiger partial charge < -0.3 is 0 Å². The molecular formula is C10H15ClN2O4S2. The first-order valence-electron chi connectivity index (χ1n) is 5.27. The van der Waals surface area contributed by atoms with Gasteiger partial charge in [0.05, 0.1) is 4.75 Å². The van der Waals surface area contributed by atoms with Gasteiger partial charge in [0.1, 0.15) is 10.0 Å². The van der Waals surface area contributed by atoms with Gasteiger partial charge in [-0.25, -0.2) is 26.5 Å². The molecule has 0 saturated carbocycles. The van der Waals surface area contributed by atoms with Crippen molar-refractivity contribution in [2.24, 2.45) is 0 Å². The van der Waals surface area contributed by atoms with Crippen molar-refractivity contribution >= 4 is 31.5 Å². The Hall–Kier alpha value is -0.700. The highest BCUT2D eigenvalue weighted by Gasteiger charge is 2.32. The van der Waals surface area contributed by atoms with Gasteiger partial charge in [0.2, 0.25) is 10.0 Å². The fourth-order valence-corrected chi connectivity index (χ4v) is 3.14. The first-order valence-corrected chi connectivity index (χ1v) is 9.02. The molecule has 1 aromatic rings. The zero-order valence-electron chi connectivity index (χ0n) is 10.7. The highest BCUT2D eigenvalue weighted by molar-refractivity contribution is 7.92. The number of sulfonamides is 1. The Morgan fingerprint density at radius 3 is 2.37 bits per heavy atom. The average Bonchev–Trinajstić information content (AvgIpc) is 2.25. The van der Waals surface area contributed by atoms with Gasteiger partial charge in [-0.3, -0.25) is 0 Å². The second-order valence-corrected chi connectivity index (χ2v) is 9.39. The van der Waals surface area contributed by atoms with Gasteiger partial charge in [0, 0.05) is 19.0 Å². The second kappa shape index (κ2) is 5.35. The maximum atomic E-state index is 12.0. The highest BCUT2D eigenvalue weighted by Crippen LogP contribution is 2.19. The average molecular weight is 327 g/mol. The number of sulfone groups is 1. The van der Waals surface area contributed by atoms with Crippen molar-refractivity contribution in [1.82, 2.24) is 9.71 Å². The van der Waals surface area contributed by atoms with Gasteiger partial charge >= 0.3 is 0 Å². The number of nitrogens with zero attached hydrogens (tertiary/aromatic N) is 1. The minimum Gasteiger partial charge on any atom is -0.243 e. The van der Waals surface area contributed by atoms with Crippen LogP contribution in [0.25, 0.3) is 0 Å². The van der Waals surface area contributed by atoms with Crippen molar-refractivity contribution < 1.29 is 16.8 Å². The number of hydrogen-bond donors (Lipinski definition) is 1. The Balaban J connectivity index is 2.99. The van der Waals surface area contributed by atoms with Gasteiger partial charge in [-0.1, -0.05) is 11.6 Å². The predicted octanol–water partition coefficient (Wildman–Crippen LogP) is 0.837. The third kappa shape index (κ3) is 3.88. The summed E-state index contributed by atoms with van der Waals surface area (Å²) in [5.74, 6) is 0. The van der Waals surface area contributed by atoms with Crippen molar-refractivity contribution in [3.63, 3.8) is 0 Å². The molecule has 0 aliphatic rings. The predicted molar refractivity (Wildman–Crippen MR) is 73.4 cm³/mol. The third-order valence-electron chi connectivity index (χ3n) is 2.71. The summed E-state index contributed by atoms with van der Waals surface area (Å²) in [6.07, 6.45) is 2.42. The van der Waals surface area contributed by atoms with E-state index in [0.717, 1.165) is 6.26 Å². The topological polar surface area (TPSA) is 93.2 Å². The fraction of sp³-hybridized carbons (Fsp3) is 0.500. The molecular weight excluding hydrogens is 312 g/mol. The summed E-state index contributed by atoms with van der Waals surface area (Å²) >= 11 is 5.70. The lowest BCUT2D eigenvalue weighted by molar-refractivity contribution is 0.537. The van der Waals surface area contributed by atoms with Gasteiger partial charge in [0.15, 0.2) is 9.84 Å². The van der Waals surface area contributed by atoms with E-state index < -0.39 is 24.6 Å². The molecule has 9 heteroatoms. The van der Waals surface area contributed by atoms with Crippen LogP contribution in [0, 0.1) is 0 Å². The lowest BCUT2D eigenvalue weighted by Crippen LogP contribution is -2.43. The number of hydrogen-bond acceptors (Lipinski definition) is 5. The molecule has 0 aliphatic heterocycles. The second-order valence-electron chi connectivity index (χ2n) is 4.65. The van der Waals surface area contributed by atoms with Crippen LogP contribution in [-0.2, 0) is 19.9 Å². The van der Waals surface area contributed by atoms with Gasteiger partial charge in [0.25, 0.3) is 0 Å². The van der Waals surface area contributed by atoms with Crippen LogP contribution in [0.5, 0.6) is 0 Å². The molecule has 1 N–H and O–H groups in total. The molecule has 0 aliphatic carbocycles. The van der Waals surface area contributed by atoms with Crippen LogP contribution in [0.15, 0.2) is 23.2 Å². The van der Waals surface area contributed by atoms with Crippen molar-refractivity contribution in [2.45, 2.75) is 23.5 Å². The highest BCUT2D eigenvalue weighted by atomic mass is 35.5. The van der Waals surface area contributed by atoms with Crippen LogP contribution in [-0.4, -0.2) is 39.4 Å². The van der Waals surface area contributed by atoms with Crippen LogP contribution in [0.2, 0.25) is 5.15 Å². The number of halogens is 1. The van der Waals surface area contributed by atoms with Gasteiger partial charge in [-0.15, -0.1) is 0 Å². The van der Waals surface area contributed by atoms with Gasteiger partial charge in [-0.05, 0) is 26.0 Å². The molecule has 1 aromatic heterocycles. The lowest BCUT2D eigenvalue weighted by atomic mass is 10.2. The molecule has 1 rings (SSSR count). The molecule has 0 atom stereocenters. The van der Waals surface area contributed by atoms with Crippen molar-refractivity contribution in [2.75, 3.05) is 12.8 Å². The Kier molecular flexibility index (Phi) is 4.61. The SMILES string of the molecule is CC(C)(CNS(=O)(=O)c1cccnc1Cl)S(C)(=O)=O. The Labute approximate surface area is 118 Å². The molecule has 0 radical (unpaired) electrons. The number of nitrogens with one attached hydrogen (secondary N) is 1. The molecule has 0 unspecified atom stereocenters. The number of aromatic nitrogens is 1. The van der Waals surface area contributed by atoms with E-state index in [4.69, 9.17) is 11.6 Å². The molecule has 0 spiro atoms. The summed E-state index contributed by atoms with van der Waals surface area (Å²) in [4.78, 5) is 3.49. The summed E-state index contributed by atoms with van der Waals surface area (Å²) in [5, 5.41) is -0.160. The Bertz CT molecular complexity index is 669. The monoisotopic (exact) mass is 326 g/mol. The number of rotatable bonds is 5. The molecule has 0 aromatic carbocycles. The largest absolute Gasteiger partial charge is 0.243 e. The van der Waals surface area contributed by atoms with E-state index >= 15 is 0 Å². The van der Waals surface area contributed by atoms with Crippen LogP contribution in [0.3, 0.4) is 0 Å². The van der Waals surface area contributed by atoms with E-state index in [1.54, 1.807) is 0 Å². The smallest absolute Gasteiger partial charge is 0.243 e. The first-order chi connectivity index (χ1) is 8.47. The molecule has 0 saturated heterocycles. The van der Waals surface area contributed by atoms with Crippen LogP contribution >= 0.6 is 11.6 Å². The van der Waals surface area contributed by atoms with E-state index in [9.17, 15) is 16.8 Å². The lowest BCUT2D eigenvalue weighted by Gasteiger charge is -2.22. The summed E-state index contributed by atoms with van der Waals surface area (Å²) in [7, 11) is -7.29. The van der Waals surface area contributed by atoms with Crippen molar-refractivity contribution in [1.29, 1.82) is 0 Å². The van der Waals surface area contributed by atoms with Crippen molar-refractivity contribution in [3.8, 4) is 0 Å². The van der Waals surface area contributed by atoms with E-state index in [1.807, 2.05) is 0 Å². The molecule has 19 heavy (non-hydrogen) atoms. The zero-order valence-corrected chi connectivity index (χ0v) is 13.1. The van der Waals surface area contributed by atoms with E-state index in [1.165, 1.54) is 32.2 Å².